The highest BCUT2D eigenvalue weighted by Gasteiger charge is 2.34. The number of benzene rings is 1. The summed E-state index contributed by atoms with van der Waals surface area (Å²) in [6.07, 6.45) is 1.83. The van der Waals surface area contributed by atoms with E-state index in [0.29, 0.717) is 12.5 Å². The number of rotatable bonds is 1. The van der Waals surface area contributed by atoms with Gasteiger partial charge in [0.1, 0.15) is 5.60 Å². The molecule has 1 aromatic carbocycles. The highest BCUT2D eigenvalue weighted by atomic mass is 32.2. The molecule has 1 atom stereocenters. The van der Waals surface area contributed by atoms with Gasteiger partial charge in [0.25, 0.3) is 10.1 Å². The van der Waals surface area contributed by atoms with Crippen LogP contribution in [0.3, 0.4) is 0 Å². The van der Waals surface area contributed by atoms with E-state index in [1.165, 1.54) is 17.7 Å². The molecule has 7 nitrogen and oxygen atoms in total. The van der Waals surface area contributed by atoms with Gasteiger partial charge in [0.05, 0.1) is 4.90 Å². The Labute approximate surface area is 154 Å². The molecule has 144 valence electrons. The predicted octanol–water partition coefficient (Wildman–Crippen LogP) is 2.58. The lowest BCUT2D eigenvalue weighted by Gasteiger charge is -2.24. The SMILES string of the molecule is CC(C)(C)OC(=O)N1CC2=CNCC2C1.Cc1ccc(S(=O)(=O)O)cc1. The van der Waals surface area contributed by atoms with Crippen molar-refractivity contribution in [2.45, 2.75) is 38.2 Å². The highest BCUT2D eigenvalue weighted by molar-refractivity contribution is 7.85. The minimum absolute atomic E-state index is 0.0666. The van der Waals surface area contributed by atoms with E-state index in [1.54, 1.807) is 17.0 Å². The van der Waals surface area contributed by atoms with Gasteiger partial charge in [-0.15, -0.1) is 0 Å². The van der Waals surface area contributed by atoms with E-state index in [-0.39, 0.29) is 11.0 Å². The van der Waals surface area contributed by atoms with E-state index in [1.807, 2.05) is 33.9 Å². The molecule has 2 N–H and O–H groups in total. The van der Waals surface area contributed by atoms with E-state index in [9.17, 15) is 13.2 Å². The van der Waals surface area contributed by atoms with Crippen molar-refractivity contribution in [3.8, 4) is 0 Å². The van der Waals surface area contributed by atoms with Crippen molar-refractivity contribution in [3.63, 3.8) is 0 Å². The van der Waals surface area contributed by atoms with E-state index < -0.39 is 15.7 Å². The first-order valence-electron chi connectivity index (χ1n) is 8.40. The monoisotopic (exact) mass is 382 g/mol. The zero-order valence-corrected chi connectivity index (χ0v) is 16.3. The van der Waals surface area contributed by atoms with Gasteiger partial charge in [0, 0.05) is 25.6 Å². The molecule has 0 bridgehead atoms. The Kier molecular flexibility index (Phi) is 5.98. The van der Waals surface area contributed by atoms with Crippen molar-refractivity contribution in [2.24, 2.45) is 5.92 Å². The number of fused-ring (bicyclic) bond motifs is 1. The second kappa shape index (κ2) is 7.67. The van der Waals surface area contributed by atoms with Crippen LogP contribution in [0.2, 0.25) is 0 Å². The van der Waals surface area contributed by atoms with Crippen LogP contribution in [-0.2, 0) is 14.9 Å². The predicted molar refractivity (Wildman–Crippen MR) is 98.4 cm³/mol. The molecule has 2 aliphatic heterocycles. The largest absolute Gasteiger partial charge is 0.444 e. The van der Waals surface area contributed by atoms with Crippen LogP contribution in [0.15, 0.2) is 40.9 Å². The normalized spacial score (nSPS) is 19.0. The molecular weight excluding hydrogens is 356 g/mol. The molecule has 2 heterocycles. The Bertz CT molecular complexity index is 779. The Hall–Kier alpha value is -2.06. The molecule has 0 spiro atoms. The zero-order chi connectivity index (χ0) is 19.5. The summed E-state index contributed by atoms with van der Waals surface area (Å²) in [5, 5.41) is 3.19. The smallest absolute Gasteiger partial charge is 0.410 e. The number of ether oxygens (including phenoxy) is 1. The first-order chi connectivity index (χ1) is 12.0. The van der Waals surface area contributed by atoms with Crippen molar-refractivity contribution in [2.75, 3.05) is 19.6 Å². The number of aryl methyl sites for hydroxylation is 1. The van der Waals surface area contributed by atoms with Gasteiger partial charge in [0.15, 0.2) is 0 Å². The van der Waals surface area contributed by atoms with E-state index in [4.69, 9.17) is 9.29 Å². The standard InChI is InChI=1S/C11H18N2O2.C7H8O3S/c1-11(2,3)15-10(14)13-6-8-4-12-5-9(8)7-13;1-6-2-4-7(5-3-6)11(8,9)10/h4,9,12H,5-7H2,1-3H3;2-5H,1H3,(H,8,9,10). The third-order valence-electron chi connectivity index (χ3n) is 3.96. The lowest BCUT2D eigenvalue weighted by atomic mass is 10.1. The van der Waals surface area contributed by atoms with Gasteiger partial charge < -0.3 is 15.0 Å². The number of amides is 1. The van der Waals surface area contributed by atoms with Crippen LogP contribution in [0, 0.1) is 12.8 Å². The zero-order valence-electron chi connectivity index (χ0n) is 15.5. The van der Waals surface area contributed by atoms with Gasteiger partial charge in [-0.05, 0) is 51.6 Å². The summed E-state index contributed by atoms with van der Waals surface area (Å²) in [7, 11) is -4.02. The number of nitrogens with one attached hydrogen (secondary N) is 1. The van der Waals surface area contributed by atoms with Crippen molar-refractivity contribution >= 4 is 16.2 Å². The van der Waals surface area contributed by atoms with Crippen LogP contribution in [0.25, 0.3) is 0 Å². The Balaban J connectivity index is 0.000000197. The fraction of sp³-hybridized carbons (Fsp3) is 0.500. The maximum absolute atomic E-state index is 11.7. The number of likely N-dealkylation sites (tertiary alicyclic amines) is 1. The van der Waals surface area contributed by atoms with Gasteiger partial charge in [-0.3, -0.25) is 4.55 Å². The van der Waals surface area contributed by atoms with Crippen LogP contribution < -0.4 is 5.32 Å². The van der Waals surface area contributed by atoms with Gasteiger partial charge in [0.2, 0.25) is 0 Å². The second-order valence-corrected chi connectivity index (χ2v) is 8.89. The maximum atomic E-state index is 11.7. The second-order valence-electron chi connectivity index (χ2n) is 7.47. The number of hydrogen-bond acceptors (Lipinski definition) is 5. The number of hydrogen-bond donors (Lipinski definition) is 2. The summed E-state index contributed by atoms with van der Waals surface area (Å²) in [6.45, 7) is 9.97. The molecule has 1 unspecified atom stereocenters. The molecule has 0 saturated carbocycles. The Morgan fingerprint density at radius 3 is 2.38 bits per heavy atom. The molecule has 0 aliphatic carbocycles. The van der Waals surface area contributed by atoms with Crippen molar-refractivity contribution in [1.82, 2.24) is 10.2 Å². The van der Waals surface area contributed by atoms with Gasteiger partial charge in [-0.2, -0.15) is 8.42 Å². The lowest BCUT2D eigenvalue weighted by molar-refractivity contribution is 0.0290. The first kappa shape index (κ1) is 20.3. The minimum atomic E-state index is -4.02. The van der Waals surface area contributed by atoms with Crippen LogP contribution in [0.5, 0.6) is 0 Å². The number of carbonyl (C=O) groups excluding carboxylic acids is 1. The van der Waals surface area contributed by atoms with Crippen molar-refractivity contribution in [3.05, 3.63) is 41.6 Å². The summed E-state index contributed by atoms with van der Waals surface area (Å²) in [5.41, 5.74) is 1.87. The average Bonchev–Trinajstić information content (AvgIpc) is 3.06. The quantitative estimate of drug-likeness (QED) is 0.725. The molecule has 0 aromatic heterocycles. The lowest BCUT2D eigenvalue weighted by Crippen LogP contribution is -2.36. The van der Waals surface area contributed by atoms with Gasteiger partial charge >= 0.3 is 6.09 Å². The Morgan fingerprint density at radius 1 is 1.27 bits per heavy atom. The molecule has 1 fully saturated rings. The number of nitrogens with zero attached hydrogens (tertiary/aromatic N) is 1. The molecule has 3 rings (SSSR count). The number of carbonyl (C=O) groups is 1. The third kappa shape index (κ3) is 5.74. The van der Waals surface area contributed by atoms with Gasteiger partial charge in [-0.25, -0.2) is 4.79 Å². The maximum Gasteiger partial charge on any atom is 0.410 e. The third-order valence-corrected chi connectivity index (χ3v) is 4.83. The molecule has 1 saturated heterocycles. The molecule has 8 heteroatoms. The van der Waals surface area contributed by atoms with Crippen molar-refractivity contribution in [1.29, 1.82) is 0 Å². The summed E-state index contributed by atoms with van der Waals surface area (Å²) in [6, 6.07) is 5.99. The summed E-state index contributed by atoms with van der Waals surface area (Å²) < 4.78 is 34.9. The molecule has 2 aliphatic rings. The first-order valence-corrected chi connectivity index (χ1v) is 9.84. The molecule has 1 amide bonds. The van der Waals surface area contributed by atoms with Crippen LogP contribution in [0.1, 0.15) is 26.3 Å². The molecule has 0 radical (unpaired) electrons. The Morgan fingerprint density at radius 2 is 1.88 bits per heavy atom. The van der Waals surface area contributed by atoms with Crippen LogP contribution in [0.4, 0.5) is 4.79 Å². The van der Waals surface area contributed by atoms with Gasteiger partial charge in [-0.1, -0.05) is 17.7 Å². The molecular formula is C18H26N2O5S. The summed E-state index contributed by atoms with van der Waals surface area (Å²) >= 11 is 0. The topological polar surface area (TPSA) is 95.9 Å². The van der Waals surface area contributed by atoms with Crippen LogP contribution >= 0.6 is 0 Å². The summed E-state index contributed by atoms with van der Waals surface area (Å²) in [4.78, 5) is 13.5. The fourth-order valence-corrected chi connectivity index (χ4v) is 3.14. The van der Waals surface area contributed by atoms with E-state index >= 15 is 0 Å². The van der Waals surface area contributed by atoms with E-state index in [0.717, 1.165) is 18.7 Å². The fourth-order valence-electron chi connectivity index (χ4n) is 2.66. The van der Waals surface area contributed by atoms with Crippen LogP contribution in [-0.4, -0.2) is 49.2 Å². The van der Waals surface area contributed by atoms with Crippen molar-refractivity contribution < 1.29 is 22.5 Å². The molecule has 1 aromatic rings. The minimum Gasteiger partial charge on any atom is -0.444 e. The average molecular weight is 382 g/mol. The highest BCUT2D eigenvalue weighted by Crippen LogP contribution is 2.26. The molecule has 26 heavy (non-hydrogen) atoms. The summed E-state index contributed by atoms with van der Waals surface area (Å²) in [5.74, 6) is 0.498. The van der Waals surface area contributed by atoms with E-state index in [2.05, 4.69) is 5.32 Å².